The Morgan fingerprint density at radius 2 is 2.13 bits per heavy atom. The van der Waals surface area contributed by atoms with Gasteiger partial charge in [0.1, 0.15) is 11.3 Å². The van der Waals surface area contributed by atoms with Crippen LogP contribution in [0.5, 0.6) is 5.75 Å². The summed E-state index contributed by atoms with van der Waals surface area (Å²) in [5.74, 6) is -0.132. The largest absolute Gasteiger partial charge is 0.424 e. The van der Waals surface area contributed by atoms with Crippen LogP contribution in [0.15, 0.2) is 24.3 Å². The highest BCUT2D eigenvalue weighted by molar-refractivity contribution is 6.32. The molecule has 1 aromatic carbocycles. The van der Waals surface area contributed by atoms with Gasteiger partial charge in [-0.15, -0.1) is 0 Å². The quantitative estimate of drug-likeness (QED) is 0.637. The maximum Gasteiger partial charge on any atom is 0.331 e. The summed E-state index contributed by atoms with van der Waals surface area (Å²) in [6.45, 7) is 3.46. The van der Waals surface area contributed by atoms with Crippen molar-refractivity contribution in [1.29, 1.82) is 0 Å². The number of esters is 1. The monoisotopic (exact) mass is 227 g/mol. The highest BCUT2D eigenvalue weighted by Crippen LogP contribution is 2.24. The third-order valence-corrected chi connectivity index (χ3v) is 2.55. The normalized spacial score (nSPS) is 14.4. The molecule has 4 heteroatoms. The van der Waals surface area contributed by atoms with Gasteiger partial charge in [-0.2, -0.15) is 0 Å². The van der Waals surface area contributed by atoms with Gasteiger partial charge >= 0.3 is 5.97 Å². The Morgan fingerprint density at radius 3 is 2.67 bits per heavy atom. The first-order valence-electron chi connectivity index (χ1n) is 4.73. The lowest BCUT2D eigenvalue weighted by Gasteiger charge is -2.20. The standard InChI is InChI=1S/C11H14ClNO2/c1-3-11(2,13)10(14)15-9-7-5-4-6-8(9)12/h4-7H,3,13H2,1-2H3. The van der Waals surface area contributed by atoms with Gasteiger partial charge in [0, 0.05) is 0 Å². The molecule has 1 aromatic rings. The van der Waals surface area contributed by atoms with E-state index in [1.165, 1.54) is 0 Å². The fourth-order valence-corrected chi connectivity index (χ4v) is 1.06. The summed E-state index contributed by atoms with van der Waals surface area (Å²) in [5, 5.41) is 0.401. The zero-order valence-corrected chi connectivity index (χ0v) is 9.54. The Morgan fingerprint density at radius 1 is 1.53 bits per heavy atom. The Balaban J connectivity index is 2.80. The molecule has 82 valence electrons. The van der Waals surface area contributed by atoms with E-state index in [4.69, 9.17) is 22.1 Å². The fourth-order valence-electron chi connectivity index (χ4n) is 0.888. The second-order valence-electron chi connectivity index (χ2n) is 3.59. The molecule has 0 aliphatic heterocycles. The minimum absolute atomic E-state index is 0.342. The van der Waals surface area contributed by atoms with Gasteiger partial charge in [0.15, 0.2) is 0 Å². The number of benzene rings is 1. The second-order valence-corrected chi connectivity index (χ2v) is 4.00. The third-order valence-electron chi connectivity index (χ3n) is 2.24. The SMILES string of the molecule is CCC(C)(N)C(=O)Oc1ccccc1Cl. The molecule has 3 nitrogen and oxygen atoms in total. The van der Waals surface area contributed by atoms with Crippen LogP contribution in [0, 0.1) is 0 Å². The fraction of sp³-hybridized carbons (Fsp3) is 0.364. The van der Waals surface area contributed by atoms with Gasteiger partial charge in [0.05, 0.1) is 5.02 Å². The van der Waals surface area contributed by atoms with E-state index in [9.17, 15) is 4.79 Å². The molecule has 15 heavy (non-hydrogen) atoms. The van der Waals surface area contributed by atoms with Crippen LogP contribution in [0.3, 0.4) is 0 Å². The molecule has 1 rings (SSSR count). The minimum Gasteiger partial charge on any atom is -0.424 e. The Hall–Kier alpha value is -1.06. The van der Waals surface area contributed by atoms with Crippen molar-refractivity contribution < 1.29 is 9.53 Å². The van der Waals surface area contributed by atoms with Crippen molar-refractivity contribution in [2.24, 2.45) is 5.73 Å². The zero-order chi connectivity index (χ0) is 11.5. The van der Waals surface area contributed by atoms with Gasteiger partial charge in [-0.3, -0.25) is 0 Å². The van der Waals surface area contributed by atoms with Crippen molar-refractivity contribution in [3.63, 3.8) is 0 Å². The van der Waals surface area contributed by atoms with Gasteiger partial charge in [-0.05, 0) is 25.5 Å². The topological polar surface area (TPSA) is 52.3 Å². The summed E-state index contributed by atoms with van der Waals surface area (Å²) in [4.78, 5) is 11.6. The summed E-state index contributed by atoms with van der Waals surface area (Å²) >= 11 is 5.84. The summed E-state index contributed by atoms with van der Waals surface area (Å²) in [6, 6.07) is 6.80. The number of ether oxygens (including phenoxy) is 1. The lowest BCUT2D eigenvalue weighted by atomic mass is 10.0. The van der Waals surface area contributed by atoms with E-state index in [1.807, 2.05) is 6.92 Å². The van der Waals surface area contributed by atoms with Crippen molar-refractivity contribution in [2.45, 2.75) is 25.8 Å². The summed E-state index contributed by atoms with van der Waals surface area (Å²) < 4.78 is 5.10. The summed E-state index contributed by atoms with van der Waals surface area (Å²) in [6.07, 6.45) is 0.510. The van der Waals surface area contributed by atoms with E-state index >= 15 is 0 Å². The number of halogens is 1. The van der Waals surface area contributed by atoms with Crippen molar-refractivity contribution in [2.75, 3.05) is 0 Å². The first kappa shape index (κ1) is 12.0. The van der Waals surface area contributed by atoms with Crippen LogP contribution in [0.2, 0.25) is 5.02 Å². The van der Waals surface area contributed by atoms with Crippen LogP contribution in [-0.4, -0.2) is 11.5 Å². The number of carbonyl (C=O) groups excluding carboxylic acids is 1. The summed E-state index contributed by atoms with van der Waals surface area (Å²) in [5.41, 5.74) is 4.77. The average molecular weight is 228 g/mol. The van der Waals surface area contributed by atoms with E-state index in [0.717, 1.165) is 0 Å². The third kappa shape index (κ3) is 2.94. The molecule has 0 aliphatic rings. The van der Waals surface area contributed by atoms with Gasteiger partial charge in [-0.1, -0.05) is 30.7 Å². The van der Waals surface area contributed by atoms with E-state index in [0.29, 0.717) is 17.2 Å². The van der Waals surface area contributed by atoms with Crippen molar-refractivity contribution in [1.82, 2.24) is 0 Å². The Labute approximate surface area is 94.2 Å². The van der Waals surface area contributed by atoms with Gasteiger partial charge < -0.3 is 10.5 Å². The van der Waals surface area contributed by atoms with Crippen molar-refractivity contribution >= 4 is 17.6 Å². The molecule has 0 heterocycles. The molecule has 0 aliphatic carbocycles. The molecule has 0 radical (unpaired) electrons. The first-order valence-corrected chi connectivity index (χ1v) is 5.11. The summed E-state index contributed by atoms with van der Waals surface area (Å²) in [7, 11) is 0. The van der Waals surface area contributed by atoms with Gasteiger partial charge in [0.2, 0.25) is 0 Å². The average Bonchev–Trinajstić information content (AvgIpc) is 2.21. The Bertz CT molecular complexity index is 363. The highest BCUT2D eigenvalue weighted by Gasteiger charge is 2.28. The van der Waals surface area contributed by atoms with Crippen LogP contribution in [0.4, 0.5) is 0 Å². The number of para-hydroxylation sites is 1. The number of hydrogen-bond acceptors (Lipinski definition) is 3. The highest BCUT2D eigenvalue weighted by atomic mass is 35.5. The van der Waals surface area contributed by atoms with Crippen LogP contribution in [-0.2, 0) is 4.79 Å². The molecule has 0 spiro atoms. The predicted molar refractivity (Wildman–Crippen MR) is 60.0 cm³/mol. The van der Waals surface area contributed by atoms with E-state index < -0.39 is 11.5 Å². The minimum atomic E-state index is -0.973. The molecule has 2 N–H and O–H groups in total. The molecule has 0 fully saturated rings. The van der Waals surface area contributed by atoms with Gasteiger partial charge in [-0.25, -0.2) is 4.79 Å². The van der Waals surface area contributed by atoms with E-state index in [1.54, 1.807) is 31.2 Å². The number of carbonyl (C=O) groups is 1. The number of nitrogens with two attached hydrogens (primary N) is 1. The molecule has 0 aromatic heterocycles. The Kier molecular flexibility index (Phi) is 3.72. The molecule has 0 amide bonds. The van der Waals surface area contributed by atoms with Crippen LogP contribution in [0.1, 0.15) is 20.3 Å². The van der Waals surface area contributed by atoms with Crippen LogP contribution < -0.4 is 10.5 Å². The maximum atomic E-state index is 11.6. The molecule has 0 saturated heterocycles. The zero-order valence-electron chi connectivity index (χ0n) is 8.79. The molecule has 0 bridgehead atoms. The molecular weight excluding hydrogens is 214 g/mol. The van der Waals surface area contributed by atoms with Crippen LogP contribution >= 0.6 is 11.6 Å². The van der Waals surface area contributed by atoms with Crippen molar-refractivity contribution in [3.05, 3.63) is 29.3 Å². The lowest BCUT2D eigenvalue weighted by Crippen LogP contribution is -2.46. The van der Waals surface area contributed by atoms with Crippen LogP contribution in [0.25, 0.3) is 0 Å². The predicted octanol–water partition coefficient (Wildman–Crippen LogP) is 2.37. The van der Waals surface area contributed by atoms with E-state index in [-0.39, 0.29) is 0 Å². The second kappa shape index (κ2) is 4.64. The molecule has 1 atom stereocenters. The molecule has 0 saturated carbocycles. The van der Waals surface area contributed by atoms with Gasteiger partial charge in [0.25, 0.3) is 0 Å². The van der Waals surface area contributed by atoms with E-state index in [2.05, 4.69) is 0 Å². The van der Waals surface area contributed by atoms with Crippen molar-refractivity contribution in [3.8, 4) is 5.75 Å². The first-order chi connectivity index (χ1) is 6.97. The smallest absolute Gasteiger partial charge is 0.331 e. The lowest BCUT2D eigenvalue weighted by molar-refractivity contribution is -0.139. The molecular formula is C11H14ClNO2. The number of rotatable bonds is 3. The number of hydrogen-bond donors (Lipinski definition) is 1. The maximum absolute atomic E-state index is 11.6. The molecule has 1 unspecified atom stereocenters.